The Morgan fingerprint density at radius 2 is 2.25 bits per heavy atom. The summed E-state index contributed by atoms with van der Waals surface area (Å²) >= 11 is 0. The summed E-state index contributed by atoms with van der Waals surface area (Å²) in [7, 11) is 1.56. The van der Waals surface area contributed by atoms with Gasteiger partial charge in [-0.25, -0.2) is 0 Å². The first-order chi connectivity index (χ1) is 11.7. The van der Waals surface area contributed by atoms with E-state index in [1.807, 2.05) is 0 Å². The molecule has 0 N–H and O–H groups in total. The summed E-state index contributed by atoms with van der Waals surface area (Å²) < 4.78 is 6.81. The van der Waals surface area contributed by atoms with Crippen LogP contribution in [0.15, 0.2) is 24.5 Å². The monoisotopic (exact) mass is 325 g/mol. The number of methoxy groups -OCH3 is 1. The molecule has 0 aliphatic heterocycles. The fourth-order valence-electron chi connectivity index (χ4n) is 3.12. The van der Waals surface area contributed by atoms with Gasteiger partial charge in [-0.15, -0.1) is 11.5 Å². The van der Waals surface area contributed by atoms with Crippen LogP contribution in [0.25, 0.3) is 5.69 Å². The number of carbonyl (C=O) groups excluding carboxylic acids is 1. The molecule has 1 amide bonds. The van der Waals surface area contributed by atoms with E-state index in [-0.39, 0.29) is 11.9 Å². The first-order valence-corrected chi connectivity index (χ1v) is 7.90. The topological polar surface area (TPSA) is 73.1 Å². The first-order valence-electron chi connectivity index (χ1n) is 7.90. The zero-order valence-corrected chi connectivity index (χ0v) is 13.6. The van der Waals surface area contributed by atoms with E-state index in [1.54, 1.807) is 30.2 Å². The van der Waals surface area contributed by atoms with Crippen LogP contribution in [-0.4, -0.2) is 50.7 Å². The second-order valence-corrected chi connectivity index (χ2v) is 5.72. The highest BCUT2D eigenvalue weighted by atomic mass is 16.5. The molecule has 7 heteroatoms. The van der Waals surface area contributed by atoms with Gasteiger partial charge < -0.3 is 9.64 Å². The second-order valence-electron chi connectivity index (χ2n) is 5.72. The Hall–Kier alpha value is -2.88. The summed E-state index contributed by atoms with van der Waals surface area (Å²) in [5, 5.41) is 11.1. The van der Waals surface area contributed by atoms with Crippen LogP contribution >= 0.6 is 0 Å². The Kier molecular flexibility index (Phi) is 4.75. The zero-order valence-electron chi connectivity index (χ0n) is 13.6. The molecule has 1 heterocycles. The molecule has 1 saturated carbocycles. The van der Waals surface area contributed by atoms with Gasteiger partial charge in [0.05, 0.1) is 13.7 Å². The molecule has 0 bridgehead atoms. The number of amides is 1. The van der Waals surface area contributed by atoms with Crippen molar-refractivity contribution in [2.75, 3.05) is 13.7 Å². The van der Waals surface area contributed by atoms with Crippen LogP contribution in [0.4, 0.5) is 0 Å². The molecule has 24 heavy (non-hydrogen) atoms. The molecule has 2 aromatic rings. The van der Waals surface area contributed by atoms with Crippen LogP contribution in [0.2, 0.25) is 0 Å². The van der Waals surface area contributed by atoms with E-state index in [4.69, 9.17) is 11.2 Å². The maximum absolute atomic E-state index is 13.0. The summed E-state index contributed by atoms with van der Waals surface area (Å²) in [5.41, 5.74) is 1.16. The summed E-state index contributed by atoms with van der Waals surface area (Å²) in [6.45, 7) is 0.315. The molecule has 3 rings (SSSR count). The van der Waals surface area contributed by atoms with E-state index in [0.29, 0.717) is 23.5 Å². The van der Waals surface area contributed by atoms with Crippen LogP contribution in [0.1, 0.15) is 36.0 Å². The number of nitrogens with zero attached hydrogens (tertiary/aromatic N) is 5. The lowest BCUT2D eigenvalue weighted by molar-refractivity contribution is 0.0710. The molecule has 0 saturated heterocycles. The molecule has 1 aliphatic rings. The number of tetrazole rings is 1. The predicted octanol–water partition coefficient (Wildman–Crippen LogP) is 1.69. The quantitative estimate of drug-likeness (QED) is 0.782. The number of rotatable bonds is 5. The summed E-state index contributed by atoms with van der Waals surface area (Å²) in [4.78, 5) is 14.8. The van der Waals surface area contributed by atoms with Crippen molar-refractivity contribution in [2.45, 2.75) is 31.7 Å². The lowest BCUT2D eigenvalue weighted by atomic mass is 10.1. The Balaban J connectivity index is 1.94. The highest BCUT2D eigenvalue weighted by Crippen LogP contribution is 2.27. The minimum Gasteiger partial charge on any atom is -0.494 e. The van der Waals surface area contributed by atoms with E-state index in [9.17, 15) is 4.79 Å². The standard InChI is InChI=1S/C17H19N5O2/c1-3-10-21(14-6-4-5-7-14)17(23)13-8-9-16(24-2)15(11-13)22-12-18-19-20-22/h1,8-9,11-12,14H,4-7,10H2,2H3. The van der Waals surface area contributed by atoms with Gasteiger partial charge in [-0.3, -0.25) is 4.79 Å². The molecule has 124 valence electrons. The summed E-state index contributed by atoms with van der Waals surface area (Å²) in [6, 6.07) is 5.43. The molecular weight excluding hydrogens is 306 g/mol. The number of benzene rings is 1. The van der Waals surface area contributed by atoms with Gasteiger partial charge in [0.25, 0.3) is 5.91 Å². The van der Waals surface area contributed by atoms with Gasteiger partial charge in [0.2, 0.25) is 0 Å². The molecular formula is C17H19N5O2. The molecule has 1 fully saturated rings. The Bertz CT molecular complexity index is 745. The van der Waals surface area contributed by atoms with E-state index in [1.165, 1.54) is 11.0 Å². The summed E-state index contributed by atoms with van der Waals surface area (Å²) in [6.07, 6.45) is 11.2. The molecule has 7 nitrogen and oxygen atoms in total. The number of terminal acetylenes is 1. The van der Waals surface area contributed by atoms with E-state index in [0.717, 1.165) is 25.7 Å². The van der Waals surface area contributed by atoms with Crippen LogP contribution in [0.5, 0.6) is 5.75 Å². The fourth-order valence-corrected chi connectivity index (χ4v) is 3.12. The number of ether oxygens (including phenoxy) is 1. The Labute approximate surface area is 140 Å². The smallest absolute Gasteiger partial charge is 0.254 e. The molecule has 0 spiro atoms. The minimum atomic E-state index is -0.0724. The van der Waals surface area contributed by atoms with Crippen molar-refractivity contribution in [3.63, 3.8) is 0 Å². The van der Waals surface area contributed by atoms with E-state index < -0.39 is 0 Å². The average Bonchev–Trinajstić information content (AvgIpc) is 3.32. The van der Waals surface area contributed by atoms with Gasteiger partial charge in [0.1, 0.15) is 17.8 Å². The van der Waals surface area contributed by atoms with Gasteiger partial charge in [-0.1, -0.05) is 18.8 Å². The lowest BCUT2D eigenvalue weighted by Gasteiger charge is -2.27. The highest BCUT2D eigenvalue weighted by Gasteiger charge is 2.27. The van der Waals surface area contributed by atoms with Crippen molar-refractivity contribution in [3.8, 4) is 23.8 Å². The van der Waals surface area contributed by atoms with Gasteiger partial charge in [0, 0.05) is 11.6 Å². The van der Waals surface area contributed by atoms with Crippen LogP contribution in [-0.2, 0) is 0 Å². The highest BCUT2D eigenvalue weighted by molar-refractivity contribution is 5.95. The molecule has 0 atom stereocenters. The van der Waals surface area contributed by atoms with E-state index >= 15 is 0 Å². The molecule has 0 unspecified atom stereocenters. The van der Waals surface area contributed by atoms with Gasteiger partial charge in [0.15, 0.2) is 0 Å². The number of hydrogen-bond donors (Lipinski definition) is 0. The van der Waals surface area contributed by atoms with Crippen molar-refractivity contribution >= 4 is 5.91 Å². The Morgan fingerprint density at radius 3 is 2.88 bits per heavy atom. The van der Waals surface area contributed by atoms with Crippen molar-refractivity contribution in [1.29, 1.82) is 0 Å². The number of carbonyl (C=O) groups is 1. The van der Waals surface area contributed by atoms with Crippen molar-refractivity contribution in [1.82, 2.24) is 25.1 Å². The SMILES string of the molecule is C#CCN(C(=O)c1ccc(OC)c(-n2cnnn2)c1)C1CCCC1. The minimum absolute atomic E-state index is 0.0724. The summed E-state index contributed by atoms with van der Waals surface area (Å²) in [5.74, 6) is 3.12. The molecule has 0 radical (unpaired) electrons. The third-order valence-corrected chi connectivity index (χ3v) is 4.31. The molecule has 1 aromatic heterocycles. The normalized spacial score (nSPS) is 14.3. The Morgan fingerprint density at radius 1 is 1.46 bits per heavy atom. The van der Waals surface area contributed by atoms with Gasteiger partial charge in [-0.05, 0) is 41.5 Å². The second kappa shape index (κ2) is 7.13. The maximum atomic E-state index is 13.0. The average molecular weight is 325 g/mol. The van der Waals surface area contributed by atoms with Gasteiger partial charge >= 0.3 is 0 Å². The maximum Gasteiger partial charge on any atom is 0.254 e. The fraction of sp³-hybridized carbons (Fsp3) is 0.412. The third-order valence-electron chi connectivity index (χ3n) is 4.31. The van der Waals surface area contributed by atoms with Crippen molar-refractivity contribution in [3.05, 3.63) is 30.1 Å². The number of aromatic nitrogens is 4. The van der Waals surface area contributed by atoms with Crippen LogP contribution in [0.3, 0.4) is 0 Å². The van der Waals surface area contributed by atoms with E-state index in [2.05, 4.69) is 21.4 Å². The molecule has 1 aliphatic carbocycles. The van der Waals surface area contributed by atoms with Crippen LogP contribution in [0, 0.1) is 12.3 Å². The molecule has 1 aromatic carbocycles. The number of hydrogen-bond acceptors (Lipinski definition) is 5. The zero-order chi connectivity index (χ0) is 16.9. The lowest BCUT2D eigenvalue weighted by Crippen LogP contribution is -2.39. The van der Waals surface area contributed by atoms with Crippen molar-refractivity contribution < 1.29 is 9.53 Å². The predicted molar refractivity (Wildman–Crippen MR) is 87.8 cm³/mol. The van der Waals surface area contributed by atoms with Crippen LogP contribution < -0.4 is 4.74 Å². The largest absolute Gasteiger partial charge is 0.494 e. The van der Waals surface area contributed by atoms with Gasteiger partial charge in [-0.2, -0.15) is 4.68 Å². The first kappa shape index (κ1) is 16.0. The van der Waals surface area contributed by atoms with Crippen molar-refractivity contribution in [2.24, 2.45) is 0 Å². The third kappa shape index (κ3) is 3.08.